The lowest BCUT2D eigenvalue weighted by atomic mass is 9.98. The molecule has 2 aliphatic heterocycles. The maximum atomic E-state index is 13.7. The van der Waals surface area contributed by atoms with Crippen molar-refractivity contribution in [3.63, 3.8) is 0 Å². The van der Waals surface area contributed by atoms with Gasteiger partial charge in [-0.1, -0.05) is 36.4 Å². The SMILES string of the molecule is O=P(Oc1ccccc1)(Oc1ccccc1)N1[C@@H]2CC[C@H]1[C@@H](O)C2. The zero-order valence-corrected chi connectivity index (χ0v) is 14.1. The van der Waals surface area contributed by atoms with Crippen molar-refractivity contribution in [2.45, 2.75) is 37.5 Å². The van der Waals surface area contributed by atoms with E-state index in [9.17, 15) is 9.67 Å². The summed E-state index contributed by atoms with van der Waals surface area (Å²) in [5, 5.41) is 10.2. The fourth-order valence-electron chi connectivity index (χ4n) is 3.65. The quantitative estimate of drug-likeness (QED) is 0.834. The molecule has 2 aliphatic rings. The predicted molar refractivity (Wildman–Crippen MR) is 91.0 cm³/mol. The molecule has 0 unspecified atom stereocenters. The van der Waals surface area contributed by atoms with Gasteiger partial charge in [0.2, 0.25) is 0 Å². The Bertz CT molecular complexity index is 694. The second kappa shape index (κ2) is 6.25. The lowest BCUT2D eigenvalue weighted by Gasteiger charge is -2.30. The zero-order valence-electron chi connectivity index (χ0n) is 13.2. The summed E-state index contributed by atoms with van der Waals surface area (Å²) in [4.78, 5) is 0. The first-order chi connectivity index (χ1) is 11.7. The largest absolute Gasteiger partial charge is 0.516 e. The summed E-state index contributed by atoms with van der Waals surface area (Å²) in [6.07, 6.45) is 1.86. The van der Waals surface area contributed by atoms with Gasteiger partial charge in [0, 0.05) is 12.1 Å². The minimum Gasteiger partial charge on any atom is -0.404 e. The van der Waals surface area contributed by atoms with Crippen molar-refractivity contribution in [1.82, 2.24) is 4.67 Å². The molecule has 2 aromatic carbocycles. The predicted octanol–water partition coefficient (Wildman–Crippen LogP) is 3.85. The van der Waals surface area contributed by atoms with Crippen LogP contribution >= 0.6 is 7.75 Å². The summed E-state index contributed by atoms with van der Waals surface area (Å²) in [5.41, 5.74) is 0. The maximum Gasteiger partial charge on any atom is 0.516 e. The van der Waals surface area contributed by atoms with Crippen LogP contribution in [0.5, 0.6) is 11.5 Å². The Labute approximate surface area is 141 Å². The van der Waals surface area contributed by atoms with Gasteiger partial charge < -0.3 is 14.2 Å². The highest BCUT2D eigenvalue weighted by Gasteiger charge is 2.56. The number of rotatable bonds is 5. The van der Waals surface area contributed by atoms with Crippen molar-refractivity contribution >= 4 is 7.75 Å². The molecule has 2 saturated heterocycles. The fourth-order valence-corrected chi connectivity index (χ4v) is 5.90. The third-order valence-electron chi connectivity index (χ3n) is 4.68. The summed E-state index contributed by atoms with van der Waals surface area (Å²) in [6, 6.07) is 18.0. The maximum absolute atomic E-state index is 13.7. The van der Waals surface area contributed by atoms with E-state index >= 15 is 0 Å². The number of benzene rings is 2. The Balaban J connectivity index is 1.68. The molecule has 2 fully saturated rings. The smallest absolute Gasteiger partial charge is 0.404 e. The number of hydrogen-bond acceptors (Lipinski definition) is 4. The highest BCUT2D eigenvalue weighted by molar-refractivity contribution is 7.52. The number of para-hydroxylation sites is 2. The fraction of sp³-hybridized carbons (Fsp3) is 0.333. The molecular weight excluding hydrogens is 325 g/mol. The number of aliphatic hydroxyl groups excluding tert-OH is 1. The van der Waals surface area contributed by atoms with Gasteiger partial charge in [-0.3, -0.25) is 0 Å². The molecule has 0 aromatic heterocycles. The Morgan fingerprint density at radius 3 is 1.88 bits per heavy atom. The van der Waals surface area contributed by atoms with Crippen LogP contribution in [0.25, 0.3) is 0 Å². The van der Waals surface area contributed by atoms with Gasteiger partial charge in [0.1, 0.15) is 11.5 Å². The van der Waals surface area contributed by atoms with Crippen LogP contribution in [0, 0.1) is 0 Å². The Morgan fingerprint density at radius 1 is 0.917 bits per heavy atom. The van der Waals surface area contributed by atoms with Gasteiger partial charge >= 0.3 is 7.75 Å². The molecule has 2 bridgehead atoms. The molecule has 2 heterocycles. The molecular formula is C18H20NO4P. The van der Waals surface area contributed by atoms with Crippen LogP contribution in [0.15, 0.2) is 60.7 Å². The molecule has 0 radical (unpaired) electrons. The average Bonchev–Trinajstić information content (AvgIpc) is 3.14. The van der Waals surface area contributed by atoms with Crippen molar-refractivity contribution in [1.29, 1.82) is 0 Å². The van der Waals surface area contributed by atoms with Crippen LogP contribution < -0.4 is 9.05 Å². The molecule has 3 atom stereocenters. The number of nitrogens with zero attached hydrogens (tertiary/aromatic N) is 1. The third kappa shape index (κ3) is 2.84. The third-order valence-corrected chi connectivity index (χ3v) is 6.75. The average molecular weight is 345 g/mol. The van der Waals surface area contributed by atoms with Crippen LogP contribution in [0.4, 0.5) is 0 Å². The second-order valence-electron chi connectivity index (χ2n) is 6.26. The molecule has 2 aromatic rings. The summed E-state index contributed by atoms with van der Waals surface area (Å²) in [7, 11) is -3.62. The first-order valence-corrected chi connectivity index (χ1v) is 9.71. The second-order valence-corrected chi connectivity index (χ2v) is 8.02. The van der Waals surface area contributed by atoms with E-state index in [4.69, 9.17) is 9.05 Å². The van der Waals surface area contributed by atoms with Crippen molar-refractivity contribution in [2.24, 2.45) is 0 Å². The zero-order chi connectivity index (χ0) is 16.6. The summed E-state index contributed by atoms with van der Waals surface area (Å²) in [6.45, 7) is 0. The highest BCUT2D eigenvalue weighted by atomic mass is 31.2. The minimum atomic E-state index is -3.62. The van der Waals surface area contributed by atoms with Crippen LogP contribution in [0.1, 0.15) is 19.3 Å². The van der Waals surface area contributed by atoms with Crippen molar-refractivity contribution in [3.8, 4) is 11.5 Å². The van der Waals surface area contributed by atoms with Crippen LogP contribution in [0.3, 0.4) is 0 Å². The molecule has 24 heavy (non-hydrogen) atoms. The first-order valence-electron chi connectivity index (χ1n) is 8.22. The molecule has 6 heteroatoms. The van der Waals surface area contributed by atoms with E-state index in [0.717, 1.165) is 12.8 Å². The topological polar surface area (TPSA) is 59.0 Å². The first kappa shape index (κ1) is 15.7. The monoisotopic (exact) mass is 345 g/mol. The molecule has 0 amide bonds. The van der Waals surface area contributed by atoms with Crippen LogP contribution in [-0.4, -0.2) is 28.0 Å². The lowest BCUT2D eigenvalue weighted by Crippen LogP contribution is -2.33. The molecule has 4 rings (SSSR count). The molecule has 5 nitrogen and oxygen atoms in total. The van der Waals surface area contributed by atoms with Crippen LogP contribution in [-0.2, 0) is 4.57 Å². The normalized spacial score (nSPS) is 26.5. The number of fused-ring (bicyclic) bond motifs is 2. The van der Waals surface area contributed by atoms with Gasteiger partial charge in [0.15, 0.2) is 0 Å². The molecule has 1 N–H and O–H groups in total. The Hall–Kier alpha value is -1.81. The van der Waals surface area contributed by atoms with Crippen molar-refractivity contribution < 1.29 is 18.7 Å². The van der Waals surface area contributed by atoms with Crippen molar-refractivity contribution in [3.05, 3.63) is 60.7 Å². The number of hydrogen-bond donors (Lipinski definition) is 1. The molecule has 0 spiro atoms. The van der Waals surface area contributed by atoms with E-state index in [1.807, 2.05) is 36.4 Å². The summed E-state index contributed by atoms with van der Waals surface area (Å²) < 4.78 is 27.2. The molecule has 0 saturated carbocycles. The summed E-state index contributed by atoms with van der Waals surface area (Å²) >= 11 is 0. The summed E-state index contributed by atoms with van der Waals surface area (Å²) in [5.74, 6) is 0.995. The van der Waals surface area contributed by atoms with Gasteiger partial charge in [-0.05, 0) is 43.5 Å². The van der Waals surface area contributed by atoms with E-state index in [1.54, 1.807) is 28.9 Å². The van der Waals surface area contributed by atoms with Crippen molar-refractivity contribution in [2.75, 3.05) is 0 Å². The van der Waals surface area contributed by atoms with Gasteiger partial charge in [0.25, 0.3) is 0 Å². The van der Waals surface area contributed by atoms with E-state index in [-0.39, 0.29) is 12.1 Å². The van der Waals surface area contributed by atoms with E-state index < -0.39 is 13.9 Å². The minimum absolute atomic E-state index is 0.0308. The Kier molecular flexibility index (Phi) is 4.09. The standard InChI is InChI=1S/C18H20NO4P/c20-18-13-14-11-12-17(18)19(14)24(21,22-15-7-3-1-4-8-15)23-16-9-5-2-6-10-16/h1-10,14,17-18,20H,11-13H2/t14-,17+,18+/m1/s1. The molecule has 126 valence electrons. The van der Waals surface area contributed by atoms with Gasteiger partial charge in [-0.25, -0.2) is 4.57 Å². The number of aliphatic hydroxyl groups is 1. The van der Waals surface area contributed by atoms with Crippen LogP contribution in [0.2, 0.25) is 0 Å². The lowest BCUT2D eigenvalue weighted by molar-refractivity contribution is 0.132. The van der Waals surface area contributed by atoms with Gasteiger partial charge in [0.05, 0.1) is 6.10 Å². The molecule has 0 aliphatic carbocycles. The highest BCUT2D eigenvalue weighted by Crippen LogP contribution is 2.60. The van der Waals surface area contributed by atoms with Gasteiger partial charge in [-0.15, -0.1) is 0 Å². The van der Waals surface area contributed by atoms with E-state index in [0.29, 0.717) is 17.9 Å². The Morgan fingerprint density at radius 2 is 1.46 bits per heavy atom. The van der Waals surface area contributed by atoms with E-state index in [1.165, 1.54) is 0 Å². The van der Waals surface area contributed by atoms with E-state index in [2.05, 4.69) is 0 Å². The van der Waals surface area contributed by atoms with Gasteiger partial charge in [-0.2, -0.15) is 4.67 Å².